The van der Waals surface area contributed by atoms with Gasteiger partial charge in [0.15, 0.2) is 0 Å². The van der Waals surface area contributed by atoms with E-state index in [0.29, 0.717) is 6.42 Å². The highest BCUT2D eigenvalue weighted by atomic mass is 16.2. The average molecular weight is 217 g/mol. The normalized spacial score (nSPS) is 29.2. The third-order valence-corrected chi connectivity index (χ3v) is 3.86. The molecule has 2 atom stereocenters. The molecule has 1 N–H and O–H groups in total. The van der Waals surface area contributed by atoms with Gasteiger partial charge < -0.3 is 5.32 Å². The van der Waals surface area contributed by atoms with E-state index in [1.807, 2.05) is 0 Å². The van der Waals surface area contributed by atoms with Crippen molar-refractivity contribution >= 4 is 5.91 Å². The van der Waals surface area contributed by atoms with Crippen molar-refractivity contribution in [3.63, 3.8) is 0 Å². The van der Waals surface area contributed by atoms with Crippen LogP contribution in [0.5, 0.6) is 0 Å². The van der Waals surface area contributed by atoms with Gasteiger partial charge in [0.2, 0.25) is 5.91 Å². The molecule has 0 aliphatic carbocycles. The first-order valence-electron chi connectivity index (χ1n) is 5.80. The number of nitrogens with one attached hydrogen (secondary N) is 1. The molecule has 16 heavy (non-hydrogen) atoms. The second kappa shape index (κ2) is 3.62. The highest BCUT2D eigenvalue weighted by Crippen LogP contribution is 2.37. The summed E-state index contributed by atoms with van der Waals surface area (Å²) in [6.07, 6.45) is 0.595. The number of rotatable bonds is 1. The lowest BCUT2D eigenvalue weighted by Gasteiger charge is -2.30. The van der Waals surface area contributed by atoms with Crippen LogP contribution in [0.3, 0.4) is 0 Å². The van der Waals surface area contributed by atoms with Crippen LogP contribution in [0.1, 0.15) is 37.0 Å². The van der Waals surface area contributed by atoms with Gasteiger partial charge in [0.1, 0.15) is 0 Å². The van der Waals surface area contributed by atoms with Gasteiger partial charge in [0.25, 0.3) is 0 Å². The second-order valence-electron chi connectivity index (χ2n) is 5.20. The van der Waals surface area contributed by atoms with Crippen LogP contribution < -0.4 is 5.32 Å². The van der Waals surface area contributed by atoms with Gasteiger partial charge in [0, 0.05) is 17.9 Å². The van der Waals surface area contributed by atoms with E-state index >= 15 is 0 Å². The van der Waals surface area contributed by atoms with Crippen LogP contribution >= 0.6 is 0 Å². The molecule has 2 nitrogen and oxygen atoms in total. The first-order valence-corrected chi connectivity index (χ1v) is 5.80. The molecule has 1 aliphatic heterocycles. The van der Waals surface area contributed by atoms with Gasteiger partial charge in [0.05, 0.1) is 0 Å². The molecule has 1 aromatic rings. The van der Waals surface area contributed by atoms with Gasteiger partial charge in [-0.15, -0.1) is 0 Å². The zero-order valence-electron chi connectivity index (χ0n) is 10.4. The van der Waals surface area contributed by atoms with Gasteiger partial charge >= 0.3 is 0 Å². The number of amides is 1. The first kappa shape index (κ1) is 11.2. The Morgan fingerprint density at radius 3 is 2.56 bits per heavy atom. The van der Waals surface area contributed by atoms with Gasteiger partial charge in [-0.05, 0) is 31.9 Å². The van der Waals surface area contributed by atoms with E-state index in [0.717, 1.165) is 0 Å². The topological polar surface area (TPSA) is 29.1 Å². The molecule has 1 fully saturated rings. The molecule has 1 aliphatic rings. The summed E-state index contributed by atoms with van der Waals surface area (Å²) in [5, 5.41) is 3.01. The average Bonchev–Trinajstić information content (AvgIpc) is 2.40. The zero-order valence-corrected chi connectivity index (χ0v) is 10.4. The molecular formula is C14H19NO. The summed E-state index contributed by atoms with van der Waals surface area (Å²) >= 11 is 0. The lowest BCUT2D eigenvalue weighted by Crippen LogP contribution is -2.36. The molecule has 86 valence electrons. The van der Waals surface area contributed by atoms with Crippen molar-refractivity contribution in [2.45, 2.75) is 45.6 Å². The maximum absolute atomic E-state index is 11.5. The Hall–Kier alpha value is -1.31. The summed E-state index contributed by atoms with van der Waals surface area (Å²) in [4.78, 5) is 11.5. The van der Waals surface area contributed by atoms with Crippen molar-refractivity contribution in [3.8, 4) is 0 Å². The smallest absolute Gasteiger partial charge is 0.221 e. The standard InChI is InChI=1S/C14H19NO/c1-9-5-6-12(10(2)7-9)14(4)8-13(16)15-11(14)3/h5-7,11H,8H2,1-4H3,(H,15,16). The predicted molar refractivity (Wildman–Crippen MR) is 65.5 cm³/mol. The van der Waals surface area contributed by atoms with E-state index in [4.69, 9.17) is 0 Å². The monoisotopic (exact) mass is 217 g/mol. The summed E-state index contributed by atoms with van der Waals surface area (Å²) in [5.74, 6) is 0.162. The van der Waals surface area contributed by atoms with Gasteiger partial charge in [-0.2, -0.15) is 0 Å². The molecule has 2 heteroatoms. The lowest BCUT2D eigenvalue weighted by molar-refractivity contribution is -0.119. The minimum Gasteiger partial charge on any atom is -0.353 e. The Morgan fingerprint density at radius 2 is 2.06 bits per heavy atom. The molecule has 1 saturated heterocycles. The van der Waals surface area contributed by atoms with E-state index < -0.39 is 0 Å². The van der Waals surface area contributed by atoms with Crippen LogP contribution in [0.25, 0.3) is 0 Å². The maximum atomic E-state index is 11.5. The molecule has 1 aromatic carbocycles. The summed E-state index contributed by atoms with van der Waals surface area (Å²) in [6, 6.07) is 6.70. The fourth-order valence-electron chi connectivity index (χ4n) is 2.72. The Kier molecular flexibility index (Phi) is 2.53. The summed E-state index contributed by atoms with van der Waals surface area (Å²) < 4.78 is 0. The van der Waals surface area contributed by atoms with E-state index in [1.165, 1.54) is 16.7 Å². The Balaban J connectivity index is 2.47. The van der Waals surface area contributed by atoms with Crippen LogP contribution in [0.2, 0.25) is 0 Å². The van der Waals surface area contributed by atoms with E-state index in [1.54, 1.807) is 0 Å². The van der Waals surface area contributed by atoms with Gasteiger partial charge in [-0.1, -0.05) is 30.7 Å². The number of aryl methyl sites for hydroxylation is 2. The molecule has 0 bridgehead atoms. The second-order valence-corrected chi connectivity index (χ2v) is 5.20. The predicted octanol–water partition coefficient (Wildman–Crippen LogP) is 2.47. The Bertz CT molecular complexity index is 438. The lowest BCUT2D eigenvalue weighted by atomic mass is 9.74. The van der Waals surface area contributed by atoms with E-state index in [2.05, 4.69) is 51.2 Å². The highest BCUT2D eigenvalue weighted by Gasteiger charge is 2.42. The molecule has 0 radical (unpaired) electrons. The van der Waals surface area contributed by atoms with Crippen LogP contribution in [-0.2, 0) is 10.2 Å². The van der Waals surface area contributed by atoms with Crippen molar-refractivity contribution in [3.05, 3.63) is 34.9 Å². The zero-order chi connectivity index (χ0) is 11.9. The van der Waals surface area contributed by atoms with Crippen LogP contribution in [0.15, 0.2) is 18.2 Å². The summed E-state index contributed by atoms with van der Waals surface area (Å²) in [7, 11) is 0. The van der Waals surface area contributed by atoms with Crippen molar-refractivity contribution in [1.29, 1.82) is 0 Å². The molecule has 2 unspecified atom stereocenters. The third kappa shape index (κ3) is 1.62. The highest BCUT2D eigenvalue weighted by molar-refractivity contribution is 5.81. The first-order chi connectivity index (χ1) is 7.43. The number of carbonyl (C=O) groups excluding carboxylic acids is 1. The molecule has 0 aromatic heterocycles. The SMILES string of the molecule is Cc1ccc(C2(C)CC(=O)NC2C)c(C)c1. The minimum absolute atomic E-state index is 0.0606. The molecule has 0 saturated carbocycles. The molecular weight excluding hydrogens is 198 g/mol. The maximum Gasteiger partial charge on any atom is 0.221 e. The minimum atomic E-state index is -0.0606. The fraction of sp³-hybridized carbons (Fsp3) is 0.500. The van der Waals surface area contributed by atoms with E-state index in [-0.39, 0.29) is 17.4 Å². The Labute approximate surface area is 97.1 Å². The van der Waals surface area contributed by atoms with Crippen molar-refractivity contribution < 1.29 is 4.79 Å². The number of hydrogen-bond donors (Lipinski definition) is 1. The van der Waals surface area contributed by atoms with E-state index in [9.17, 15) is 4.79 Å². The third-order valence-electron chi connectivity index (χ3n) is 3.86. The van der Waals surface area contributed by atoms with Crippen molar-refractivity contribution in [2.75, 3.05) is 0 Å². The number of benzene rings is 1. The van der Waals surface area contributed by atoms with Gasteiger partial charge in [-0.3, -0.25) is 4.79 Å². The summed E-state index contributed by atoms with van der Waals surface area (Å²) in [5.41, 5.74) is 3.79. The molecule has 1 heterocycles. The molecule has 2 rings (SSSR count). The fourth-order valence-corrected chi connectivity index (χ4v) is 2.72. The summed E-state index contributed by atoms with van der Waals surface area (Å²) in [6.45, 7) is 8.49. The molecule has 1 amide bonds. The Morgan fingerprint density at radius 1 is 1.38 bits per heavy atom. The van der Waals surface area contributed by atoms with Crippen LogP contribution in [0.4, 0.5) is 0 Å². The van der Waals surface area contributed by atoms with Crippen molar-refractivity contribution in [1.82, 2.24) is 5.32 Å². The number of hydrogen-bond acceptors (Lipinski definition) is 1. The van der Waals surface area contributed by atoms with Crippen molar-refractivity contribution in [2.24, 2.45) is 0 Å². The quantitative estimate of drug-likeness (QED) is 0.769. The van der Waals surface area contributed by atoms with Crippen LogP contribution in [-0.4, -0.2) is 11.9 Å². The molecule has 0 spiro atoms. The largest absolute Gasteiger partial charge is 0.353 e. The van der Waals surface area contributed by atoms with Gasteiger partial charge in [-0.25, -0.2) is 0 Å². The van der Waals surface area contributed by atoms with Crippen LogP contribution in [0, 0.1) is 13.8 Å². The number of carbonyl (C=O) groups is 1.